The predicted molar refractivity (Wildman–Crippen MR) is 91.2 cm³/mol. The fourth-order valence-electron chi connectivity index (χ4n) is 2.15. The van der Waals surface area contributed by atoms with Gasteiger partial charge in [0.1, 0.15) is 5.58 Å². The molecule has 1 amide bonds. The number of hydrogen-bond acceptors (Lipinski definition) is 4. The molecule has 1 N–H and O–H groups in total. The Balaban J connectivity index is 1.67. The number of rotatable bonds is 4. The first-order valence-corrected chi connectivity index (χ1v) is 7.67. The van der Waals surface area contributed by atoms with E-state index in [-0.39, 0.29) is 5.76 Å². The van der Waals surface area contributed by atoms with E-state index in [0.29, 0.717) is 16.3 Å². The maximum absolute atomic E-state index is 12.1. The van der Waals surface area contributed by atoms with E-state index in [1.807, 2.05) is 12.1 Å². The van der Waals surface area contributed by atoms with Crippen LogP contribution in [0.4, 0.5) is 5.69 Å². The van der Waals surface area contributed by atoms with Crippen LogP contribution >= 0.6 is 11.6 Å². The monoisotopic (exact) mass is 343 g/mol. The van der Waals surface area contributed by atoms with Crippen LogP contribution < -0.4 is 5.32 Å². The summed E-state index contributed by atoms with van der Waals surface area (Å²) in [6.45, 7) is 1.48. The van der Waals surface area contributed by atoms with Crippen molar-refractivity contribution in [3.63, 3.8) is 0 Å². The molecule has 3 rings (SSSR count). The van der Waals surface area contributed by atoms with E-state index in [4.69, 9.17) is 20.8 Å². The van der Waals surface area contributed by atoms with Gasteiger partial charge in [0.05, 0.1) is 10.7 Å². The van der Waals surface area contributed by atoms with Gasteiger partial charge in [0, 0.05) is 5.39 Å². The third-order valence-electron chi connectivity index (χ3n) is 3.41. The molecule has 1 atom stereocenters. The van der Waals surface area contributed by atoms with Crippen molar-refractivity contribution < 1.29 is 18.7 Å². The fraction of sp³-hybridized carbons (Fsp3) is 0.111. The average Bonchev–Trinajstić information content (AvgIpc) is 3.01. The molecule has 0 aliphatic carbocycles. The van der Waals surface area contributed by atoms with Crippen molar-refractivity contribution in [3.05, 3.63) is 65.4 Å². The smallest absolute Gasteiger partial charge is 0.375 e. The topological polar surface area (TPSA) is 68.5 Å². The Hall–Kier alpha value is -2.79. The zero-order valence-corrected chi connectivity index (χ0v) is 13.5. The van der Waals surface area contributed by atoms with Crippen LogP contribution in [0.5, 0.6) is 0 Å². The molecule has 1 heterocycles. The first-order chi connectivity index (χ1) is 11.5. The number of furan rings is 1. The number of esters is 1. The molecule has 5 nitrogen and oxygen atoms in total. The van der Waals surface area contributed by atoms with Crippen molar-refractivity contribution >= 4 is 40.1 Å². The summed E-state index contributed by atoms with van der Waals surface area (Å²) < 4.78 is 10.6. The van der Waals surface area contributed by atoms with E-state index in [0.717, 1.165) is 5.39 Å². The van der Waals surface area contributed by atoms with Gasteiger partial charge in [-0.2, -0.15) is 0 Å². The summed E-state index contributed by atoms with van der Waals surface area (Å²) in [4.78, 5) is 24.3. The molecule has 1 aromatic heterocycles. The molecule has 0 unspecified atom stereocenters. The van der Waals surface area contributed by atoms with Crippen LogP contribution in [0.3, 0.4) is 0 Å². The third kappa shape index (κ3) is 3.41. The van der Waals surface area contributed by atoms with Gasteiger partial charge in [-0.3, -0.25) is 4.79 Å². The Morgan fingerprint density at radius 2 is 1.83 bits per heavy atom. The number of benzene rings is 2. The summed E-state index contributed by atoms with van der Waals surface area (Å²) in [7, 11) is 0. The first kappa shape index (κ1) is 16.1. The highest BCUT2D eigenvalue weighted by molar-refractivity contribution is 6.33. The van der Waals surface area contributed by atoms with Gasteiger partial charge in [-0.05, 0) is 31.2 Å². The lowest BCUT2D eigenvalue weighted by Gasteiger charge is -2.13. The van der Waals surface area contributed by atoms with Gasteiger partial charge in [0.15, 0.2) is 6.10 Å². The van der Waals surface area contributed by atoms with Gasteiger partial charge in [-0.25, -0.2) is 4.79 Å². The first-order valence-electron chi connectivity index (χ1n) is 7.29. The molecule has 0 bridgehead atoms. The molecule has 0 saturated carbocycles. The number of carbonyl (C=O) groups excluding carboxylic acids is 2. The molecule has 3 aromatic rings. The van der Waals surface area contributed by atoms with Crippen molar-refractivity contribution in [3.8, 4) is 0 Å². The molecule has 0 fully saturated rings. The van der Waals surface area contributed by atoms with Crippen LogP contribution in [0.2, 0.25) is 5.02 Å². The SMILES string of the molecule is C[C@H](OC(=O)c1cc2ccccc2o1)C(=O)Nc1ccccc1Cl. The summed E-state index contributed by atoms with van der Waals surface area (Å²) in [5.74, 6) is -1.13. The normalized spacial score (nSPS) is 11.9. The highest BCUT2D eigenvalue weighted by Crippen LogP contribution is 2.22. The van der Waals surface area contributed by atoms with Crippen molar-refractivity contribution in [1.29, 1.82) is 0 Å². The number of amides is 1. The van der Waals surface area contributed by atoms with Crippen molar-refractivity contribution in [2.24, 2.45) is 0 Å². The molecule has 0 aliphatic rings. The maximum Gasteiger partial charge on any atom is 0.375 e. The number of anilines is 1. The zero-order valence-electron chi connectivity index (χ0n) is 12.8. The summed E-state index contributed by atoms with van der Waals surface area (Å²) >= 11 is 5.98. The van der Waals surface area contributed by atoms with Crippen molar-refractivity contribution in [1.82, 2.24) is 0 Å². The highest BCUT2D eigenvalue weighted by Gasteiger charge is 2.22. The zero-order chi connectivity index (χ0) is 17.1. The lowest BCUT2D eigenvalue weighted by Crippen LogP contribution is -2.30. The van der Waals surface area contributed by atoms with E-state index in [1.165, 1.54) is 6.92 Å². The van der Waals surface area contributed by atoms with Crippen LogP contribution in [0.1, 0.15) is 17.5 Å². The minimum atomic E-state index is -0.998. The third-order valence-corrected chi connectivity index (χ3v) is 3.74. The maximum atomic E-state index is 12.1. The van der Waals surface area contributed by atoms with Crippen LogP contribution in [-0.2, 0) is 9.53 Å². The summed E-state index contributed by atoms with van der Waals surface area (Å²) in [5.41, 5.74) is 1.04. The van der Waals surface area contributed by atoms with Crippen LogP contribution in [0, 0.1) is 0 Å². The lowest BCUT2D eigenvalue weighted by atomic mass is 10.2. The van der Waals surface area contributed by atoms with Gasteiger partial charge in [0.25, 0.3) is 5.91 Å². The molecule has 0 aliphatic heterocycles. The second-order valence-corrected chi connectivity index (χ2v) is 5.57. The molecule has 0 saturated heterocycles. The Kier molecular flexibility index (Phi) is 4.53. The Morgan fingerprint density at radius 3 is 2.58 bits per heavy atom. The van der Waals surface area contributed by atoms with Crippen LogP contribution in [0.25, 0.3) is 11.0 Å². The van der Waals surface area contributed by atoms with E-state index in [2.05, 4.69) is 5.32 Å². The minimum Gasteiger partial charge on any atom is -0.449 e. The Morgan fingerprint density at radius 1 is 1.12 bits per heavy atom. The van der Waals surface area contributed by atoms with E-state index in [9.17, 15) is 9.59 Å². The Bertz CT molecular complexity index is 870. The number of nitrogens with one attached hydrogen (secondary N) is 1. The number of ether oxygens (including phenoxy) is 1. The highest BCUT2D eigenvalue weighted by atomic mass is 35.5. The van der Waals surface area contributed by atoms with Gasteiger partial charge in [0.2, 0.25) is 5.76 Å². The molecular formula is C18H14ClNO4. The number of hydrogen-bond donors (Lipinski definition) is 1. The number of halogens is 1. The fourth-order valence-corrected chi connectivity index (χ4v) is 2.33. The van der Waals surface area contributed by atoms with E-state index < -0.39 is 18.0 Å². The van der Waals surface area contributed by atoms with Gasteiger partial charge >= 0.3 is 5.97 Å². The van der Waals surface area contributed by atoms with E-state index >= 15 is 0 Å². The van der Waals surface area contributed by atoms with E-state index in [1.54, 1.807) is 42.5 Å². The lowest BCUT2D eigenvalue weighted by molar-refractivity contribution is -0.123. The minimum absolute atomic E-state index is 0.0496. The molecule has 122 valence electrons. The summed E-state index contributed by atoms with van der Waals surface area (Å²) in [5, 5.41) is 3.81. The van der Waals surface area contributed by atoms with Crippen molar-refractivity contribution in [2.45, 2.75) is 13.0 Å². The van der Waals surface area contributed by atoms with Gasteiger partial charge in [-0.1, -0.05) is 41.9 Å². The van der Waals surface area contributed by atoms with Crippen LogP contribution in [-0.4, -0.2) is 18.0 Å². The second-order valence-electron chi connectivity index (χ2n) is 5.17. The molecule has 6 heteroatoms. The quantitative estimate of drug-likeness (QED) is 0.718. The molecule has 2 aromatic carbocycles. The van der Waals surface area contributed by atoms with Gasteiger partial charge < -0.3 is 14.5 Å². The molecule has 0 spiro atoms. The number of fused-ring (bicyclic) bond motifs is 1. The average molecular weight is 344 g/mol. The van der Waals surface area contributed by atoms with Crippen LogP contribution in [0.15, 0.2) is 59.0 Å². The largest absolute Gasteiger partial charge is 0.449 e. The molecular weight excluding hydrogens is 330 g/mol. The summed E-state index contributed by atoms with van der Waals surface area (Å²) in [6.07, 6.45) is -0.998. The van der Waals surface area contributed by atoms with Crippen molar-refractivity contribution in [2.75, 3.05) is 5.32 Å². The molecule has 0 radical (unpaired) electrons. The predicted octanol–water partition coefficient (Wildman–Crippen LogP) is 4.27. The number of carbonyl (C=O) groups is 2. The summed E-state index contributed by atoms with van der Waals surface area (Å²) in [6, 6.07) is 15.6. The Labute approximate surface area is 143 Å². The standard InChI is InChI=1S/C18H14ClNO4/c1-11(17(21)20-14-8-4-3-7-13(14)19)23-18(22)16-10-12-6-2-5-9-15(12)24-16/h2-11H,1H3,(H,20,21)/t11-/m0/s1. The molecule has 24 heavy (non-hydrogen) atoms. The number of para-hydroxylation sites is 2. The van der Waals surface area contributed by atoms with Gasteiger partial charge in [-0.15, -0.1) is 0 Å². The second kappa shape index (κ2) is 6.76.